The summed E-state index contributed by atoms with van der Waals surface area (Å²) in [5.74, 6) is -0.747. The predicted octanol–water partition coefficient (Wildman–Crippen LogP) is 0.916. The molecule has 1 fully saturated rings. The van der Waals surface area contributed by atoms with E-state index in [4.69, 9.17) is 22.7 Å². The average Bonchev–Trinajstić information content (AvgIpc) is 2.32. The van der Waals surface area contributed by atoms with E-state index in [2.05, 4.69) is 4.72 Å². The SMILES string of the molecule is COC1CC(NS(=O)(=O)c2cccc(F)c2C(N)=S)C1. The molecule has 1 saturated carbocycles. The van der Waals surface area contributed by atoms with Gasteiger partial charge >= 0.3 is 0 Å². The van der Waals surface area contributed by atoms with E-state index in [-0.39, 0.29) is 27.6 Å². The third kappa shape index (κ3) is 2.98. The summed E-state index contributed by atoms with van der Waals surface area (Å²) in [5, 5.41) is 0. The van der Waals surface area contributed by atoms with Gasteiger partial charge in [-0.15, -0.1) is 0 Å². The van der Waals surface area contributed by atoms with Crippen molar-refractivity contribution in [1.29, 1.82) is 0 Å². The second-order valence-electron chi connectivity index (χ2n) is 4.62. The Kier molecular flexibility index (Phi) is 4.38. The van der Waals surface area contributed by atoms with Crippen LogP contribution < -0.4 is 10.5 Å². The summed E-state index contributed by atoms with van der Waals surface area (Å²) in [6.07, 6.45) is 1.24. The molecule has 0 heterocycles. The van der Waals surface area contributed by atoms with Gasteiger partial charge in [0.2, 0.25) is 10.0 Å². The number of sulfonamides is 1. The van der Waals surface area contributed by atoms with Gasteiger partial charge in [-0.2, -0.15) is 0 Å². The van der Waals surface area contributed by atoms with Crippen molar-refractivity contribution < 1.29 is 17.5 Å². The molecule has 110 valence electrons. The first-order valence-electron chi connectivity index (χ1n) is 5.98. The maximum Gasteiger partial charge on any atom is 0.241 e. The summed E-state index contributed by atoms with van der Waals surface area (Å²) < 4.78 is 45.8. The lowest BCUT2D eigenvalue weighted by Crippen LogP contribution is -2.47. The molecule has 0 amide bonds. The fourth-order valence-electron chi connectivity index (χ4n) is 2.10. The first-order valence-corrected chi connectivity index (χ1v) is 7.87. The van der Waals surface area contributed by atoms with Crippen molar-refractivity contribution in [3.8, 4) is 0 Å². The number of hydrogen-bond acceptors (Lipinski definition) is 4. The summed E-state index contributed by atoms with van der Waals surface area (Å²) in [5.41, 5.74) is 5.16. The highest BCUT2D eigenvalue weighted by Crippen LogP contribution is 2.26. The van der Waals surface area contributed by atoms with Gasteiger partial charge < -0.3 is 10.5 Å². The Labute approximate surface area is 122 Å². The molecule has 5 nitrogen and oxygen atoms in total. The van der Waals surface area contributed by atoms with Crippen molar-refractivity contribution in [1.82, 2.24) is 4.72 Å². The van der Waals surface area contributed by atoms with Crippen LogP contribution in [0.1, 0.15) is 18.4 Å². The van der Waals surface area contributed by atoms with Gasteiger partial charge in [-0.1, -0.05) is 18.3 Å². The van der Waals surface area contributed by atoms with Crippen LogP contribution in [0.5, 0.6) is 0 Å². The highest BCUT2D eigenvalue weighted by Gasteiger charge is 2.34. The number of nitrogens with two attached hydrogens (primary N) is 1. The molecule has 8 heteroatoms. The number of rotatable bonds is 5. The summed E-state index contributed by atoms with van der Waals surface area (Å²) in [6, 6.07) is 3.50. The molecule has 0 aliphatic heterocycles. The van der Waals surface area contributed by atoms with Crippen molar-refractivity contribution in [2.45, 2.75) is 29.9 Å². The Morgan fingerprint density at radius 2 is 2.15 bits per heavy atom. The van der Waals surface area contributed by atoms with Crippen LogP contribution in [0.2, 0.25) is 0 Å². The molecule has 0 atom stereocenters. The van der Waals surface area contributed by atoms with Gasteiger partial charge in [0.1, 0.15) is 10.8 Å². The van der Waals surface area contributed by atoms with Gasteiger partial charge in [-0.25, -0.2) is 17.5 Å². The van der Waals surface area contributed by atoms with E-state index in [1.165, 1.54) is 12.1 Å². The van der Waals surface area contributed by atoms with Crippen molar-refractivity contribution in [2.24, 2.45) is 5.73 Å². The van der Waals surface area contributed by atoms with Gasteiger partial charge in [0.15, 0.2) is 0 Å². The zero-order chi connectivity index (χ0) is 14.9. The van der Waals surface area contributed by atoms with Crippen LogP contribution in [0.3, 0.4) is 0 Å². The maximum absolute atomic E-state index is 13.7. The van der Waals surface area contributed by atoms with E-state index in [0.717, 1.165) is 6.07 Å². The standard InChI is InChI=1S/C12H15FN2O3S2/c1-18-8-5-7(6-8)15-20(16,17)10-4-2-3-9(13)11(10)12(14)19/h2-4,7-8,15H,5-6H2,1H3,(H2,14,19). The first kappa shape index (κ1) is 15.3. The molecular weight excluding hydrogens is 303 g/mol. The Morgan fingerprint density at radius 3 is 2.70 bits per heavy atom. The molecule has 0 bridgehead atoms. The zero-order valence-corrected chi connectivity index (χ0v) is 12.4. The third-order valence-corrected chi connectivity index (χ3v) is 5.03. The quantitative estimate of drug-likeness (QED) is 0.789. The van der Waals surface area contributed by atoms with Gasteiger partial charge in [0, 0.05) is 13.2 Å². The molecule has 0 aromatic heterocycles. The molecule has 0 saturated heterocycles. The lowest BCUT2D eigenvalue weighted by atomic mass is 9.90. The topological polar surface area (TPSA) is 81.4 Å². The summed E-state index contributed by atoms with van der Waals surface area (Å²) in [6.45, 7) is 0. The van der Waals surface area contributed by atoms with E-state index in [9.17, 15) is 12.8 Å². The molecular formula is C12H15FN2O3S2. The molecule has 1 aromatic rings. The van der Waals surface area contributed by atoms with Crippen LogP contribution in [-0.2, 0) is 14.8 Å². The number of methoxy groups -OCH3 is 1. The molecule has 2 rings (SSSR count). The average molecular weight is 318 g/mol. The van der Waals surface area contributed by atoms with Crippen LogP contribution >= 0.6 is 12.2 Å². The normalized spacial score (nSPS) is 22.3. The first-order chi connectivity index (χ1) is 9.35. The maximum atomic E-state index is 13.7. The Hall–Kier alpha value is -1.09. The molecule has 0 spiro atoms. The van der Waals surface area contributed by atoms with Crippen molar-refractivity contribution >= 4 is 27.2 Å². The fraction of sp³-hybridized carbons (Fsp3) is 0.417. The van der Waals surface area contributed by atoms with Gasteiger partial charge in [0.25, 0.3) is 0 Å². The molecule has 3 N–H and O–H groups in total. The Morgan fingerprint density at radius 1 is 1.50 bits per heavy atom. The van der Waals surface area contributed by atoms with Gasteiger partial charge in [-0.3, -0.25) is 0 Å². The van der Waals surface area contributed by atoms with Crippen molar-refractivity contribution in [3.05, 3.63) is 29.6 Å². The summed E-state index contributed by atoms with van der Waals surface area (Å²) in [4.78, 5) is -0.516. The van der Waals surface area contributed by atoms with E-state index in [1.54, 1.807) is 7.11 Å². The third-order valence-electron chi connectivity index (χ3n) is 3.26. The summed E-state index contributed by atoms with van der Waals surface area (Å²) in [7, 11) is -2.29. The Bertz CT molecular complexity index is 628. The Balaban J connectivity index is 2.26. The molecule has 1 aromatic carbocycles. The van der Waals surface area contributed by atoms with Crippen LogP contribution in [-0.4, -0.2) is 32.7 Å². The minimum Gasteiger partial charge on any atom is -0.389 e. The lowest BCUT2D eigenvalue weighted by Gasteiger charge is -2.34. The molecule has 1 aliphatic carbocycles. The highest BCUT2D eigenvalue weighted by molar-refractivity contribution is 7.89. The van der Waals surface area contributed by atoms with Crippen LogP contribution in [0.25, 0.3) is 0 Å². The zero-order valence-electron chi connectivity index (χ0n) is 10.8. The minimum atomic E-state index is -3.86. The number of halogens is 1. The second kappa shape index (κ2) is 5.72. The molecule has 1 aliphatic rings. The number of nitrogens with one attached hydrogen (secondary N) is 1. The lowest BCUT2D eigenvalue weighted by molar-refractivity contribution is 0.0236. The smallest absolute Gasteiger partial charge is 0.241 e. The van der Waals surface area contributed by atoms with Crippen LogP contribution in [0, 0.1) is 5.82 Å². The number of ether oxygens (including phenoxy) is 1. The van der Waals surface area contributed by atoms with Gasteiger partial charge in [0.05, 0.1) is 16.6 Å². The van der Waals surface area contributed by atoms with Crippen LogP contribution in [0.15, 0.2) is 23.1 Å². The van der Waals surface area contributed by atoms with E-state index >= 15 is 0 Å². The van der Waals surface area contributed by atoms with E-state index < -0.39 is 15.8 Å². The monoisotopic (exact) mass is 318 g/mol. The highest BCUT2D eigenvalue weighted by atomic mass is 32.2. The van der Waals surface area contributed by atoms with Crippen molar-refractivity contribution in [3.63, 3.8) is 0 Å². The number of thiocarbonyl (C=S) groups is 1. The molecule has 0 radical (unpaired) electrons. The largest absolute Gasteiger partial charge is 0.389 e. The predicted molar refractivity (Wildman–Crippen MR) is 76.4 cm³/mol. The van der Waals surface area contributed by atoms with Crippen LogP contribution in [0.4, 0.5) is 4.39 Å². The van der Waals surface area contributed by atoms with Gasteiger partial charge in [-0.05, 0) is 25.0 Å². The van der Waals surface area contributed by atoms with E-state index in [1.807, 2.05) is 0 Å². The molecule has 20 heavy (non-hydrogen) atoms. The fourth-order valence-corrected chi connectivity index (χ4v) is 3.87. The summed E-state index contributed by atoms with van der Waals surface area (Å²) >= 11 is 4.72. The second-order valence-corrected chi connectivity index (χ2v) is 6.75. The minimum absolute atomic E-state index is 0.0604. The molecule has 0 unspecified atom stereocenters. The van der Waals surface area contributed by atoms with Crippen molar-refractivity contribution in [2.75, 3.05) is 7.11 Å². The number of benzene rings is 1. The number of hydrogen-bond donors (Lipinski definition) is 2. The van der Waals surface area contributed by atoms with E-state index in [0.29, 0.717) is 12.8 Å².